The van der Waals surface area contributed by atoms with Gasteiger partial charge < -0.3 is 5.32 Å². The maximum absolute atomic E-state index is 12.1. The van der Waals surface area contributed by atoms with Gasteiger partial charge in [0.2, 0.25) is 5.91 Å². The van der Waals surface area contributed by atoms with E-state index >= 15 is 0 Å². The number of anilines is 1. The molecule has 1 aromatic heterocycles. The molecule has 1 saturated carbocycles. The average molecular weight is 305 g/mol. The predicted molar refractivity (Wildman–Crippen MR) is 82.3 cm³/mol. The summed E-state index contributed by atoms with van der Waals surface area (Å²) in [6.45, 7) is 1.89. The van der Waals surface area contributed by atoms with E-state index in [4.69, 9.17) is 0 Å². The van der Waals surface area contributed by atoms with E-state index in [1.807, 2.05) is 37.3 Å². The molecule has 6 heteroatoms. The summed E-state index contributed by atoms with van der Waals surface area (Å²) >= 11 is 3.09. The topological polar surface area (TPSA) is 54.9 Å². The molecule has 20 heavy (non-hydrogen) atoms. The zero-order valence-corrected chi connectivity index (χ0v) is 12.7. The number of para-hydroxylation sites is 1. The van der Waals surface area contributed by atoms with Gasteiger partial charge in [0.1, 0.15) is 5.01 Å². The first-order valence-electron chi connectivity index (χ1n) is 6.58. The Morgan fingerprint density at radius 1 is 1.35 bits per heavy atom. The Bertz CT molecular complexity index is 595. The van der Waals surface area contributed by atoms with Gasteiger partial charge in [-0.2, -0.15) is 0 Å². The van der Waals surface area contributed by atoms with Gasteiger partial charge in [0.05, 0.1) is 5.25 Å². The third kappa shape index (κ3) is 3.37. The maximum atomic E-state index is 12.1. The summed E-state index contributed by atoms with van der Waals surface area (Å²) in [5.74, 6) is 0.611. The number of benzene rings is 1. The van der Waals surface area contributed by atoms with Crippen molar-refractivity contribution >= 4 is 34.7 Å². The van der Waals surface area contributed by atoms with Crippen molar-refractivity contribution in [3.63, 3.8) is 0 Å². The van der Waals surface area contributed by atoms with Gasteiger partial charge in [-0.15, -0.1) is 10.2 Å². The fourth-order valence-electron chi connectivity index (χ4n) is 1.73. The molecule has 1 N–H and O–H groups in total. The molecule has 1 aliphatic carbocycles. The minimum atomic E-state index is -0.185. The second kappa shape index (κ2) is 5.93. The van der Waals surface area contributed by atoms with E-state index in [1.165, 1.54) is 24.6 Å². The standard InChI is InChI=1S/C14H15N3OS2/c1-9(12(18)15-11-5-3-2-4-6-11)19-14-17-16-13(20-14)10-7-8-10/h2-6,9-10H,7-8H2,1H3,(H,15,18). The molecule has 0 saturated heterocycles. The van der Waals surface area contributed by atoms with Gasteiger partial charge in [0.25, 0.3) is 0 Å². The van der Waals surface area contributed by atoms with Crippen LogP contribution in [0.2, 0.25) is 0 Å². The number of thioether (sulfide) groups is 1. The van der Waals surface area contributed by atoms with Crippen LogP contribution < -0.4 is 5.32 Å². The third-order valence-electron chi connectivity index (χ3n) is 3.04. The lowest BCUT2D eigenvalue weighted by atomic mass is 10.3. The van der Waals surface area contributed by atoms with Crippen molar-refractivity contribution in [3.8, 4) is 0 Å². The largest absolute Gasteiger partial charge is 0.325 e. The molecule has 104 valence electrons. The van der Waals surface area contributed by atoms with Gasteiger partial charge in [-0.1, -0.05) is 41.3 Å². The zero-order valence-electron chi connectivity index (χ0n) is 11.1. The molecular weight excluding hydrogens is 290 g/mol. The van der Waals surface area contributed by atoms with Gasteiger partial charge in [0, 0.05) is 11.6 Å². The Morgan fingerprint density at radius 2 is 2.10 bits per heavy atom. The van der Waals surface area contributed by atoms with Gasteiger partial charge in [0.15, 0.2) is 4.34 Å². The van der Waals surface area contributed by atoms with E-state index in [2.05, 4.69) is 15.5 Å². The molecule has 4 nitrogen and oxygen atoms in total. The number of carbonyl (C=O) groups is 1. The second-order valence-corrected chi connectivity index (χ2v) is 7.39. The summed E-state index contributed by atoms with van der Waals surface area (Å²) in [6.07, 6.45) is 2.45. The highest BCUT2D eigenvalue weighted by Crippen LogP contribution is 2.42. The Hall–Kier alpha value is -1.40. The van der Waals surface area contributed by atoms with Crippen LogP contribution in [0, 0.1) is 0 Å². The number of nitrogens with one attached hydrogen (secondary N) is 1. The first-order valence-corrected chi connectivity index (χ1v) is 8.28. The summed E-state index contributed by atoms with van der Waals surface area (Å²) in [5.41, 5.74) is 0.820. The molecule has 1 fully saturated rings. The lowest BCUT2D eigenvalue weighted by Crippen LogP contribution is -2.22. The van der Waals surface area contributed by atoms with Gasteiger partial charge in [-0.3, -0.25) is 4.79 Å². The highest BCUT2D eigenvalue weighted by Gasteiger charge is 2.28. The summed E-state index contributed by atoms with van der Waals surface area (Å²) in [7, 11) is 0. The first-order chi connectivity index (χ1) is 9.72. The minimum absolute atomic E-state index is 0.00984. The molecule has 0 spiro atoms. The number of hydrogen-bond acceptors (Lipinski definition) is 5. The number of nitrogens with zero attached hydrogens (tertiary/aromatic N) is 2. The van der Waals surface area contributed by atoms with Crippen LogP contribution in [0.4, 0.5) is 5.69 Å². The van der Waals surface area contributed by atoms with Crippen LogP contribution in [-0.4, -0.2) is 21.4 Å². The number of aromatic nitrogens is 2. The molecule has 2 aromatic rings. The van der Waals surface area contributed by atoms with Crippen molar-refractivity contribution in [2.24, 2.45) is 0 Å². The SMILES string of the molecule is CC(Sc1nnc(C2CC2)s1)C(=O)Nc1ccccc1. The van der Waals surface area contributed by atoms with Gasteiger partial charge in [-0.05, 0) is 31.9 Å². The Morgan fingerprint density at radius 3 is 2.80 bits per heavy atom. The molecule has 1 amide bonds. The van der Waals surface area contributed by atoms with E-state index < -0.39 is 0 Å². The van der Waals surface area contributed by atoms with E-state index in [9.17, 15) is 4.79 Å². The number of hydrogen-bond donors (Lipinski definition) is 1. The highest BCUT2D eigenvalue weighted by atomic mass is 32.2. The molecule has 1 aliphatic rings. The molecule has 1 aromatic carbocycles. The summed E-state index contributed by atoms with van der Waals surface area (Å²) < 4.78 is 0.877. The van der Waals surface area contributed by atoms with Crippen molar-refractivity contribution in [1.29, 1.82) is 0 Å². The molecular formula is C14H15N3OS2. The monoisotopic (exact) mass is 305 g/mol. The van der Waals surface area contributed by atoms with Crippen LogP contribution in [0.3, 0.4) is 0 Å². The van der Waals surface area contributed by atoms with Crippen molar-refractivity contribution in [3.05, 3.63) is 35.3 Å². The normalized spacial score (nSPS) is 15.8. The summed E-state index contributed by atoms with van der Waals surface area (Å²) in [5, 5.41) is 12.2. The van der Waals surface area contributed by atoms with Gasteiger partial charge >= 0.3 is 0 Å². The van der Waals surface area contributed by atoms with E-state index in [-0.39, 0.29) is 11.2 Å². The lowest BCUT2D eigenvalue weighted by molar-refractivity contribution is -0.115. The molecule has 1 heterocycles. The highest BCUT2D eigenvalue weighted by molar-refractivity contribution is 8.02. The number of rotatable bonds is 5. The van der Waals surface area contributed by atoms with Crippen LogP contribution >= 0.6 is 23.1 Å². The molecule has 1 unspecified atom stereocenters. The van der Waals surface area contributed by atoms with E-state index in [0.29, 0.717) is 5.92 Å². The van der Waals surface area contributed by atoms with Crippen molar-refractivity contribution in [2.75, 3.05) is 5.32 Å². The van der Waals surface area contributed by atoms with Crippen molar-refractivity contribution in [2.45, 2.75) is 35.3 Å². The van der Waals surface area contributed by atoms with Crippen LogP contribution in [0.25, 0.3) is 0 Å². The van der Waals surface area contributed by atoms with Crippen LogP contribution in [0.1, 0.15) is 30.7 Å². The molecule has 3 rings (SSSR count). The Kier molecular flexibility index (Phi) is 4.03. The average Bonchev–Trinajstić information content (AvgIpc) is 3.20. The Balaban J connectivity index is 1.57. The lowest BCUT2D eigenvalue weighted by Gasteiger charge is -2.09. The minimum Gasteiger partial charge on any atom is -0.325 e. The molecule has 0 bridgehead atoms. The van der Waals surface area contributed by atoms with E-state index in [1.54, 1.807) is 11.3 Å². The third-order valence-corrected chi connectivity index (χ3v) is 5.31. The second-order valence-electron chi connectivity index (χ2n) is 4.80. The maximum Gasteiger partial charge on any atom is 0.237 e. The fraction of sp³-hybridized carbons (Fsp3) is 0.357. The molecule has 1 atom stereocenters. The van der Waals surface area contributed by atoms with Crippen molar-refractivity contribution < 1.29 is 4.79 Å². The first kappa shape index (κ1) is 13.6. The van der Waals surface area contributed by atoms with Crippen LogP contribution in [0.5, 0.6) is 0 Å². The predicted octanol–water partition coefficient (Wildman–Crippen LogP) is 3.53. The molecule has 0 aliphatic heterocycles. The quantitative estimate of drug-likeness (QED) is 0.859. The summed E-state index contributed by atoms with van der Waals surface area (Å²) in [4.78, 5) is 12.1. The van der Waals surface area contributed by atoms with Crippen molar-refractivity contribution in [1.82, 2.24) is 10.2 Å². The summed E-state index contributed by atoms with van der Waals surface area (Å²) in [6, 6.07) is 9.49. The van der Waals surface area contributed by atoms with Gasteiger partial charge in [-0.25, -0.2) is 0 Å². The number of carbonyl (C=O) groups excluding carboxylic acids is 1. The zero-order chi connectivity index (χ0) is 13.9. The Labute approximate surface area is 126 Å². The van der Waals surface area contributed by atoms with Crippen LogP contribution in [-0.2, 0) is 4.79 Å². The number of amides is 1. The molecule has 0 radical (unpaired) electrons. The van der Waals surface area contributed by atoms with E-state index in [0.717, 1.165) is 15.0 Å². The smallest absolute Gasteiger partial charge is 0.237 e. The van der Waals surface area contributed by atoms with Crippen LogP contribution in [0.15, 0.2) is 34.7 Å². The fourth-order valence-corrected chi connectivity index (χ4v) is 3.92.